The lowest BCUT2D eigenvalue weighted by atomic mass is 10.1. The van der Waals surface area contributed by atoms with Gasteiger partial charge in [0.15, 0.2) is 0 Å². The Bertz CT molecular complexity index is 321. The van der Waals surface area contributed by atoms with E-state index in [0.29, 0.717) is 10.5 Å². The summed E-state index contributed by atoms with van der Waals surface area (Å²) in [7, 11) is 2.33. The molecule has 4 heteroatoms. The quantitative estimate of drug-likeness (QED) is 0.757. The average Bonchev–Trinajstić information content (AvgIpc) is 2.16. The van der Waals surface area contributed by atoms with Gasteiger partial charge in [0.2, 0.25) is 0 Å². The number of hydrogen-bond acceptors (Lipinski definition) is 1. The van der Waals surface area contributed by atoms with Crippen LogP contribution in [0.2, 0.25) is 0 Å². The van der Waals surface area contributed by atoms with Crippen LogP contribution in [0.3, 0.4) is 0 Å². The Morgan fingerprint density at radius 3 is 2.14 bits per heavy atom. The van der Waals surface area contributed by atoms with Gasteiger partial charge in [-0.25, -0.2) is 12.9 Å². The maximum absolute atomic E-state index is 12.8. The second-order valence-electron chi connectivity index (χ2n) is 3.25. The Balaban J connectivity index is 2.89. The lowest BCUT2D eigenvalue weighted by Gasteiger charge is -2.09. The molecule has 2 atom stereocenters. The standard InChI is InChI=1S/C10H14FNOS/c1-8(11)9-4-6-10(7-5-9)14(13)12(2)3/h4-8H,1-3H3/t8-,14?/m0/s1. The molecule has 0 saturated heterocycles. The Labute approximate surface area is 86.3 Å². The van der Waals surface area contributed by atoms with Gasteiger partial charge in [-0.2, -0.15) is 0 Å². The summed E-state index contributed by atoms with van der Waals surface area (Å²) < 4.78 is 26.0. The minimum atomic E-state index is -1.15. The fraction of sp³-hybridized carbons (Fsp3) is 0.400. The zero-order valence-electron chi connectivity index (χ0n) is 8.53. The first-order valence-corrected chi connectivity index (χ1v) is 5.46. The van der Waals surface area contributed by atoms with E-state index in [-0.39, 0.29) is 0 Å². The van der Waals surface area contributed by atoms with Crippen LogP contribution in [0.4, 0.5) is 4.39 Å². The molecule has 1 aromatic rings. The van der Waals surface area contributed by atoms with Gasteiger partial charge >= 0.3 is 0 Å². The van der Waals surface area contributed by atoms with Gasteiger partial charge in [0.1, 0.15) is 17.2 Å². The Morgan fingerprint density at radius 1 is 1.29 bits per heavy atom. The molecular weight excluding hydrogens is 201 g/mol. The van der Waals surface area contributed by atoms with Crippen LogP contribution in [-0.4, -0.2) is 22.6 Å². The summed E-state index contributed by atoms with van der Waals surface area (Å²) in [6, 6.07) is 6.73. The molecule has 14 heavy (non-hydrogen) atoms. The molecule has 1 unspecified atom stereocenters. The molecule has 0 amide bonds. The highest BCUT2D eigenvalue weighted by Gasteiger charge is 2.07. The van der Waals surface area contributed by atoms with Crippen LogP contribution in [0.15, 0.2) is 29.2 Å². The molecule has 0 aliphatic heterocycles. The maximum atomic E-state index is 12.8. The summed E-state index contributed by atoms with van der Waals surface area (Å²) in [5.74, 6) is 0. The number of halogens is 1. The fourth-order valence-electron chi connectivity index (χ4n) is 1.06. The van der Waals surface area contributed by atoms with E-state index in [1.54, 1.807) is 42.7 Å². The summed E-state index contributed by atoms with van der Waals surface area (Å²) in [5.41, 5.74) is 0.615. The molecule has 2 nitrogen and oxygen atoms in total. The smallest absolute Gasteiger partial charge is 0.127 e. The van der Waals surface area contributed by atoms with E-state index in [2.05, 4.69) is 0 Å². The monoisotopic (exact) mass is 215 g/mol. The van der Waals surface area contributed by atoms with E-state index in [1.165, 1.54) is 6.92 Å². The number of hydrogen-bond donors (Lipinski definition) is 0. The van der Waals surface area contributed by atoms with Crippen molar-refractivity contribution in [2.75, 3.05) is 14.1 Å². The number of benzene rings is 1. The normalized spacial score (nSPS) is 15.5. The van der Waals surface area contributed by atoms with Crippen molar-refractivity contribution in [1.82, 2.24) is 4.31 Å². The van der Waals surface area contributed by atoms with Gasteiger partial charge in [-0.3, -0.25) is 0 Å². The topological polar surface area (TPSA) is 20.3 Å². The molecule has 1 rings (SSSR count). The van der Waals surface area contributed by atoms with Crippen molar-refractivity contribution in [3.63, 3.8) is 0 Å². The zero-order valence-corrected chi connectivity index (χ0v) is 9.34. The van der Waals surface area contributed by atoms with Crippen molar-refractivity contribution in [2.24, 2.45) is 0 Å². The van der Waals surface area contributed by atoms with E-state index in [0.717, 1.165) is 0 Å². The van der Waals surface area contributed by atoms with E-state index >= 15 is 0 Å². The lowest BCUT2D eigenvalue weighted by Crippen LogP contribution is -2.15. The first-order valence-electron chi connectivity index (χ1n) is 4.35. The van der Waals surface area contributed by atoms with E-state index in [1.807, 2.05) is 0 Å². The van der Waals surface area contributed by atoms with Crippen molar-refractivity contribution in [3.8, 4) is 0 Å². The minimum absolute atomic E-state index is 0.615. The van der Waals surface area contributed by atoms with Gasteiger partial charge in [-0.05, 0) is 38.7 Å². The predicted molar refractivity (Wildman–Crippen MR) is 56.1 cm³/mol. The first kappa shape index (κ1) is 11.3. The van der Waals surface area contributed by atoms with Crippen LogP contribution in [0.25, 0.3) is 0 Å². The van der Waals surface area contributed by atoms with Gasteiger partial charge in [-0.1, -0.05) is 12.1 Å². The summed E-state index contributed by atoms with van der Waals surface area (Å²) in [4.78, 5) is 0.694. The molecule has 1 aromatic carbocycles. The molecule has 0 fully saturated rings. The largest absolute Gasteiger partial charge is 0.243 e. The van der Waals surface area contributed by atoms with Crippen LogP contribution >= 0.6 is 0 Å². The van der Waals surface area contributed by atoms with Crippen LogP contribution < -0.4 is 0 Å². The van der Waals surface area contributed by atoms with Gasteiger partial charge in [0, 0.05) is 0 Å². The molecule has 0 radical (unpaired) electrons. The second-order valence-corrected chi connectivity index (χ2v) is 4.95. The highest BCUT2D eigenvalue weighted by atomic mass is 32.2. The minimum Gasteiger partial charge on any atom is -0.243 e. The van der Waals surface area contributed by atoms with Gasteiger partial charge in [0.25, 0.3) is 0 Å². The summed E-state index contributed by atoms with van der Waals surface area (Å²) in [5, 5.41) is 0. The first-order chi connectivity index (χ1) is 6.52. The molecule has 0 spiro atoms. The van der Waals surface area contributed by atoms with E-state index < -0.39 is 17.2 Å². The van der Waals surface area contributed by atoms with Crippen molar-refractivity contribution in [1.29, 1.82) is 0 Å². The maximum Gasteiger partial charge on any atom is 0.127 e. The molecule has 0 aliphatic rings. The third kappa shape index (κ3) is 2.62. The summed E-state index contributed by atoms with van der Waals surface area (Å²) in [6.45, 7) is 1.48. The highest BCUT2D eigenvalue weighted by Crippen LogP contribution is 2.18. The number of rotatable bonds is 3. The molecule has 0 bridgehead atoms. The third-order valence-corrected chi connectivity index (χ3v) is 3.21. The summed E-state index contributed by atoms with van der Waals surface area (Å²) >= 11 is 0. The highest BCUT2D eigenvalue weighted by molar-refractivity contribution is 7.82. The van der Waals surface area contributed by atoms with Crippen LogP contribution in [0, 0.1) is 0 Å². The van der Waals surface area contributed by atoms with Crippen molar-refractivity contribution in [3.05, 3.63) is 29.8 Å². The van der Waals surface area contributed by atoms with Gasteiger partial charge in [0.05, 0.1) is 4.90 Å². The van der Waals surface area contributed by atoms with Gasteiger partial charge < -0.3 is 0 Å². The third-order valence-electron chi connectivity index (χ3n) is 1.87. The molecule has 0 aliphatic carbocycles. The number of nitrogens with zero attached hydrogens (tertiary/aromatic N) is 1. The van der Waals surface area contributed by atoms with Crippen LogP contribution in [0.1, 0.15) is 18.7 Å². The zero-order chi connectivity index (χ0) is 10.7. The predicted octanol–water partition coefficient (Wildman–Crippen LogP) is 2.30. The van der Waals surface area contributed by atoms with Crippen LogP contribution in [-0.2, 0) is 11.0 Å². The summed E-state index contributed by atoms with van der Waals surface area (Å²) in [6.07, 6.45) is -0.975. The van der Waals surface area contributed by atoms with Crippen molar-refractivity contribution < 1.29 is 8.60 Å². The second kappa shape index (κ2) is 4.66. The molecule has 0 heterocycles. The van der Waals surface area contributed by atoms with Crippen molar-refractivity contribution in [2.45, 2.75) is 18.0 Å². The molecule has 0 N–H and O–H groups in total. The fourth-order valence-corrected chi connectivity index (χ4v) is 1.85. The molecule has 0 aromatic heterocycles. The Hall–Kier alpha value is -0.740. The lowest BCUT2D eigenvalue weighted by molar-refractivity contribution is 0.374. The number of alkyl halides is 1. The van der Waals surface area contributed by atoms with E-state index in [4.69, 9.17) is 0 Å². The Morgan fingerprint density at radius 2 is 1.79 bits per heavy atom. The SMILES string of the molecule is C[C@H](F)c1ccc(S(=O)N(C)C)cc1. The Kier molecular flexibility index (Phi) is 3.77. The van der Waals surface area contributed by atoms with Crippen molar-refractivity contribution >= 4 is 11.0 Å². The molecule has 0 saturated carbocycles. The molecule has 78 valence electrons. The average molecular weight is 215 g/mol. The van der Waals surface area contributed by atoms with Crippen LogP contribution in [0.5, 0.6) is 0 Å². The van der Waals surface area contributed by atoms with Gasteiger partial charge in [-0.15, -0.1) is 0 Å². The molecular formula is C10H14FNOS. The van der Waals surface area contributed by atoms with E-state index in [9.17, 15) is 8.60 Å².